The lowest BCUT2D eigenvalue weighted by Gasteiger charge is -2.36. The molecule has 110 valence electrons. The van der Waals surface area contributed by atoms with Crippen LogP contribution in [0.2, 0.25) is 0 Å². The molecule has 0 aliphatic carbocycles. The second-order valence-corrected chi connectivity index (χ2v) is 5.78. The monoisotopic (exact) mass is 283 g/mol. The van der Waals surface area contributed by atoms with Crippen LogP contribution in [0.25, 0.3) is 0 Å². The molecular weight excluding hydrogens is 262 g/mol. The van der Waals surface area contributed by atoms with Crippen molar-refractivity contribution in [2.75, 3.05) is 13.1 Å². The average Bonchev–Trinajstić information content (AvgIpc) is 2.94. The van der Waals surface area contributed by atoms with E-state index in [-0.39, 0.29) is 11.2 Å². The molecule has 3 rings (SSSR count). The summed E-state index contributed by atoms with van der Waals surface area (Å²) in [7, 11) is 1.88. The van der Waals surface area contributed by atoms with Crippen LogP contribution in [0.1, 0.15) is 24.1 Å². The quantitative estimate of drug-likeness (QED) is 0.931. The normalized spacial score (nSPS) is 17.6. The van der Waals surface area contributed by atoms with Crippen molar-refractivity contribution < 1.29 is 4.79 Å². The fourth-order valence-corrected chi connectivity index (χ4v) is 3.23. The molecule has 0 atom stereocenters. The summed E-state index contributed by atoms with van der Waals surface area (Å²) >= 11 is 0. The molecule has 1 fully saturated rings. The molecule has 0 radical (unpaired) electrons. The number of aromatic nitrogens is 2. The molecule has 2 heterocycles. The number of hydrogen-bond acceptors (Lipinski definition) is 3. The molecule has 2 aromatic rings. The van der Waals surface area contributed by atoms with Gasteiger partial charge in [0.05, 0.1) is 17.5 Å². The van der Waals surface area contributed by atoms with Gasteiger partial charge in [-0.3, -0.25) is 9.48 Å². The topological polar surface area (TPSA) is 46.9 Å². The van der Waals surface area contributed by atoms with E-state index in [2.05, 4.69) is 22.5 Å². The second-order valence-electron chi connectivity index (χ2n) is 5.78. The first kappa shape index (κ1) is 14.0. The molecule has 1 aliphatic heterocycles. The molecule has 4 heteroatoms. The number of nitrogens with one attached hydrogen (secondary N) is 1. The molecule has 1 aliphatic rings. The fourth-order valence-electron chi connectivity index (χ4n) is 3.23. The van der Waals surface area contributed by atoms with Crippen LogP contribution in [0.3, 0.4) is 0 Å². The van der Waals surface area contributed by atoms with E-state index in [0.717, 1.165) is 37.2 Å². The van der Waals surface area contributed by atoms with Crippen LogP contribution in [0.15, 0.2) is 42.6 Å². The molecule has 1 N–H and O–H groups in total. The minimum absolute atomic E-state index is 0.286. The number of aryl methyl sites for hydroxylation is 1. The number of hydrogen-bond donors (Lipinski definition) is 1. The van der Waals surface area contributed by atoms with Gasteiger partial charge < -0.3 is 5.32 Å². The van der Waals surface area contributed by atoms with Crippen molar-refractivity contribution in [3.63, 3.8) is 0 Å². The molecule has 0 unspecified atom stereocenters. The van der Waals surface area contributed by atoms with Crippen LogP contribution < -0.4 is 5.32 Å². The third-order valence-corrected chi connectivity index (χ3v) is 4.43. The maximum absolute atomic E-state index is 13.0. The van der Waals surface area contributed by atoms with Crippen molar-refractivity contribution in [3.05, 3.63) is 53.9 Å². The van der Waals surface area contributed by atoms with Crippen molar-refractivity contribution in [3.8, 4) is 0 Å². The zero-order chi connectivity index (χ0) is 14.7. The van der Waals surface area contributed by atoms with Gasteiger partial charge >= 0.3 is 0 Å². The Morgan fingerprint density at radius 3 is 2.57 bits per heavy atom. The van der Waals surface area contributed by atoms with E-state index in [4.69, 9.17) is 0 Å². The molecule has 1 aromatic heterocycles. The number of Topliss-reactive ketones (excluding diaryl/α,β-unsaturated/α-hetero) is 1. The van der Waals surface area contributed by atoms with Gasteiger partial charge in [0.15, 0.2) is 0 Å². The van der Waals surface area contributed by atoms with E-state index >= 15 is 0 Å². The highest BCUT2D eigenvalue weighted by Gasteiger charge is 2.40. The Labute approximate surface area is 125 Å². The standard InChI is InChI=1S/C17H21N3O/c1-20-12-7-15(19-20)13-16(21)17(8-10-18-11-9-17)14-5-3-2-4-6-14/h2-7,12,18H,8-11,13H2,1H3. The van der Waals surface area contributed by atoms with E-state index in [9.17, 15) is 4.79 Å². The SMILES string of the molecule is Cn1ccc(CC(=O)C2(c3ccccc3)CCNCC2)n1. The lowest BCUT2D eigenvalue weighted by molar-refractivity contribution is -0.125. The Bertz CT molecular complexity index is 612. The number of piperidine rings is 1. The Morgan fingerprint density at radius 1 is 1.24 bits per heavy atom. The summed E-state index contributed by atoms with van der Waals surface area (Å²) in [6, 6.07) is 12.1. The highest BCUT2D eigenvalue weighted by atomic mass is 16.1. The van der Waals surface area contributed by atoms with Crippen LogP contribution in [-0.4, -0.2) is 28.7 Å². The van der Waals surface area contributed by atoms with Crippen molar-refractivity contribution in [2.45, 2.75) is 24.7 Å². The van der Waals surface area contributed by atoms with Gasteiger partial charge in [-0.2, -0.15) is 5.10 Å². The summed E-state index contributed by atoms with van der Waals surface area (Å²) in [5.41, 5.74) is 1.65. The molecule has 0 bridgehead atoms. The summed E-state index contributed by atoms with van der Waals surface area (Å²) < 4.78 is 1.75. The zero-order valence-corrected chi connectivity index (χ0v) is 12.4. The Balaban J connectivity index is 1.90. The van der Waals surface area contributed by atoms with Gasteiger partial charge in [-0.25, -0.2) is 0 Å². The molecular formula is C17H21N3O. The third kappa shape index (κ3) is 2.76. The van der Waals surface area contributed by atoms with Gasteiger partial charge in [-0.05, 0) is 37.6 Å². The molecule has 0 amide bonds. The Hall–Kier alpha value is -1.94. The van der Waals surface area contributed by atoms with Crippen molar-refractivity contribution >= 4 is 5.78 Å². The van der Waals surface area contributed by atoms with Gasteiger partial charge in [-0.1, -0.05) is 30.3 Å². The highest BCUT2D eigenvalue weighted by molar-refractivity contribution is 5.91. The van der Waals surface area contributed by atoms with Gasteiger partial charge in [0.1, 0.15) is 5.78 Å². The van der Waals surface area contributed by atoms with E-state index < -0.39 is 0 Å². The van der Waals surface area contributed by atoms with Crippen molar-refractivity contribution in [1.82, 2.24) is 15.1 Å². The van der Waals surface area contributed by atoms with Crippen LogP contribution in [0, 0.1) is 0 Å². The Kier molecular flexibility index (Phi) is 3.88. The molecule has 1 saturated heterocycles. The average molecular weight is 283 g/mol. The number of benzene rings is 1. The Morgan fingerprint density at radius 2 is 1.95 bits per heavy atom. The van der Waals surface area contributed by atoms with Gasteiger partial charge in [0.2, 0.25) is 0 Å². The summed E-state index contributed by atoms with van der Waals surface area (Å²) in [6.45, 7) is 1.78. The molecule has 21 heavy (non-hydrogen) atoms. The maximum Gasteiger partial charge on any atom is 0.149 e. The first-order valence-corrected chi connectivity index (χ1v) is 7.49. The van der Waals surface area contributed by atoms with Crippen LogP contribution in [0.5, 0.6) is 0 Å². The first-order chi connectivity index (χ1) is 10.2. The number of carbonyl (C=O) groups excluding carboxylic acids is 1. The van der Waals surface area contributed by atoms with E-state index in [1.807, 2.05) is 37.5 Å². The summed E-state index contributed by atoms with van der Waals surface area (Å²) in [6.07, 6.45) is 4.03. The molecule has 0 spiro atoms. The van der Waals surface area contributed by atoms with E-state index in [1.54, 1.807) is 4.68 Å². The molecule has 0 saturated carbocycles. The van der Waals surface area contributed by atoms with E-state index in [0.29, 0.717) is 6.42 Å². The number of rotatable bonds is 4. The van der Waals surface area contributed by atoms with Crippen molar-refractivity contribution in [1.29, 1.82) is 0 Å². The highest BCUT2D eigenvalue weighted by Crippen LogP contribution is 2.35. The fraction of sp³-hybridized carbons (Fsp3) is 0.412. The molecule has 4 nitrogen and oxygen atoms in total. The summed E-state index contributed by atoms with van der Waals surface area (Å²) in [5, 5.41) is 7.71. The van der Waals surface area contributed by atoms with Crippen molar-refractivity contribution in [2.24, 2.45) is 7.05 Å². The van der Waals surface area contributed by atoms with Crippen LogP contribution >= 0.6 is 0 Å². The lowest BCUT2D eigenvalue weighted by atomic mass is 9.69. The smallest absolute Gasteiger partial charge is 0.149 e. The minimum Gasteiger partial charge on any atom is -0.317 e. The van der Waals surface area contributed by atoms with Crippen LogP contribution in [-0.2, 0) is 23.7 Å². The number of ketones is 1. The number of nitrogens with zero attached hydrogens (tertiary/aromatic N) is 2. The summed E-state index contributed by atoms with van der Waals surface area (Å²) in [5.74, 6) is 0.286. The van der Waals surface area contributed by atoms with Gasteiger partial charge in [0.25, 0.3) is 0 Å². The molecule has 1 aromatic carbocycles. The zero-order valence-electron chi connectivity index (χ0n) is 12.4. The maximum atomic E-state index is 13.0. The predicted molar refractivity (Wildman–Crippen MR) is 82.1 cm³/mol. The number of carbonyl (C=O) groups is 1. The third-order valence-electron chi connectivity index (χ3n) is 4.43. The van der Waals surface area contributed by atoms with E-state index in [1.165, 1.54) is 0 Å². The van der Waals surface area contributed by atoms with Gasteiger partial charge in [0, 0.05) is 13.2 Å². The lowest BCUT2D eigenvalue weighted by Crippen LogP contribution is -2.46. The minimum atomic E-state index is -0.357. The van der Waals surface area contributed by atoms with Gasteiger partial charge in [-0.15, -0.1) is 0 Å². The predicted octanol–water partition coefficient (Wildman–Crippen LogP) is 1.85. The largest absolute Gasteiger partial charge is 0.317 e. The second kappa shape index (κ2) is 5.82. The summed E-state index contributed by atoms with van der Waals surface area (Å²) in [4.78, 5) is 13.0. The first-order valence-electron chi connectivity index (χ1n) is 7.49. The van der Waals surface area contributed by atoms with Crippen LogP contribution in [0.4, 0.5) is 0 Å².